The van der Waals surface area contributed by atoms with Gasteiger partial charge >= 0.3 is 0 Å². The SMILES string of the molecule is CN=C(NCC1(N2CCOCC2)CC1)NC1CC1. The van der Waals surface area contributed by atoms with Gasteiger partial charge in [0.1, 0.15) is 0 Å². The topological polar surface area (TPSA) is 48.9 Å². The molecule has 5 nitrogen and oxygen atoms in total. The molecule has 0 aromatic rings. The Morgan fingerprint density at radius 3 is 2.61 bits per heavy atom. The van der Waals surface area contributed by atoms with Crippen molar-refractivity contribution in [1.29, 1.82) is 0 Å². The number of aliphatic imine (C=N–C) groups is 1. The third-order valence-corrected chi connectivity index (χ3v) is 4.24. The molecule has 0 amide bonds. The molecule has 3 rings (SSSR count). The van der Waals surface area contributed by atoms with Gasteiger partial charge < -0.3 is 15.4 Å². The van der Waals surface area contributed by atoms with E-state index in [0.717, 1.165) is 38.8 Å². The fraction of sp³-hybridized carbons (Fsp3) is 0.923. The number of nitrogens with zero attached hydrogens (tertiary/aromatic N) is 2. The molecule has 1 saturated heterocycles. The smallest absolute Gasteiger partial charge is 0.191 e. The van der Waals surface area contributed by atoms with Crippen molar-refractivity contribution in [2.24, 2.45) is 4.99 Å². The first-order valence-corrected chi connectivity index (χ1v) is 7.12. The lowest BCUT2D eigenvalue weighted by Gasteiger charge is -2.35. The molecule has 0 radical (unpaired) electrons. The van der Waals surface area contributed by atoms with Crippen LogP contribution in [0.15, 0.2) is 4.99 Å². The molecule has 102 valence electrons. The van der Waals surface area contributed by atoms with Crippen LogP contribution in [0.3, 0.4) is 0 Å². The predicted molar refractivity (Wildman–Crippen MR) is 71.9 cm³/mol. The number of rotatable bonds is 4. The summed E-state index contributed by atoms with van der Waals surface area (Å²) in [6.45, 7) is 4.94. The van der Waals surface area contributed by atoms with Gasteiger partial charge in [-0.15, -0.1) is 0 Å². The molecule has 0 spiro atoms. The molecule has 1 heterocycles. The van der Waals surface area contributed by atoms with Crippen molar-refractivity contribution in [2.45, 2.75) is 37.3 Å². The maximum absolute atomic E-state index is 5.43. The third-order valence-electron chi connectivity index (χ3n) is 4.24. The summed E-state index contributed by atoms with van der Waals surface area (Å²) in [7, 11) is 1.85. The molecule has 18 heavy (non-hydrogen) atoms. The van der Waals surface area contributed by atoms with Crippen molar-refractivity contribution in [1.82, 2.24) is 15.5 Å². The molecule has 0 unspecified atom stereocenters. The zero-order valence-electron chi connectivity index (χ0n) is 11.2. The van der Waals surface area contributed by atoms with Crippen LogP contribution in [0, 0.1) is 0 Å². The van der Waals surface area contributed by atoms with Crippen LogP contribution >= 0.6 is 0 Å². The maximum Gasteiger partial charge on any atom is 0.191 e. The Morgan fingerprint density at radius 1 is 1.33 bits per heavy atom. The van der Waals surface area contributed by atoms with Crippen LogP contribution in [0.1, 0.15) is 25.7 Å². The first-order valence-electron chi connectivity index (χ1n) is 7.12. The van der Waals surface area contributed by atoms with E-state index in [0.29, 0.717) is 11.6 Å². The highest BCUT2D eigenvalue weighted by atomic mass is 16.5. The Balaban J connectivity index is 1.48. The second-order valence-electron chi connectivity index (χ2n) is 5.67. The minimum absolute atomic E-state index is 0.380. The fourth-order valence-electron chi connectivity index (χ4n) is 2.65. The molecule has 0 bridgehead atoms. The van der Waals surface area contributed by atoms with Crippen LogP contribution < -0.4 is 10.6 Å². The molecule has 2 saturated carbocycles. The van der Waals surface area contributed by atoms with Gasteiger partial charge in [-0.2, -0.15) is 0 Å². The molecule has 0 aromatic heterocycles. The molecule has 3 fully saturated rings. The summed E-state index contributed by atoms with van der Waals surface area (Å²) in [5, 5.41) is 6.94. The van der Waals surface area contributed by atoms with Crippen molar-refractivity contribution in [3.63, 3.8) is 0 Å². The van der Waals surface area contributed by atoms with Crippen molar-refractivity contribution in [2.75, 3.05) is 39.9 Å². The molecule has 3 aliphatic rings. The second kappa shape index (κ2) is 5.05. The van der Waals surface area contributed by atoms with Crippen molar-refractivity contribution >= 4 is 5.96 Å². The second-order valence-corrected chi connectivity index (χ2v) is 5.67. The Hall–Kier alpha value is -0.810. The van der Waals surface area contributed by atoms with Crippen molar-refractivity contribution < 1.29 is 4.74 Å². The summed E-state index contributed by atoms with van der Waals surface area (Å²) in [4.78, 5) is 6.89. The third kappa shape index (κ3) is 2.78. The molecule has 2 aliphatic carbocycles. The van der Waals surface area contributed by atoms with Gasteiger partial charge in [0.05, 0.1) is 13.2 Å². The zero-order valence-corrected chi connectivity index (χ0v) is 11.2. The van der Waals surface area contributed by atoms with Crippen molar-refractivity contribution in [3.05, 3.63) is 0 Å². The van der Waals surface area contributed by atoms with E-state index < -0.39 is 0 Å². The summed E-state index contributed by atoms with van der Waals surface area (Å²) in [6.07, 6.45) is 5.19. The van der Waals surface area contributed by atoms with Gasteiger partial charge in [-0.1, -0.05) is 0 Å². The quantitative estimate of drug-likeness (QED) is 0.553. The Bertz CT molecular complexity index is 317. The molecule has 0 aromatic carbocycles. The zero-order chi connectivity index (χ0) is 12.4. The number of morpholine rings is 1. The van der Waals surface area contributed by atoms with E-state index in [9.17, 15) is 0 Å². The molecular weight excluding hydrogens is 228 g/mol. The van der Waals surface area contributed by atoms with Gasteiger partial charge in [-0.25, -0.2) is 0 Å². The van der Waals surface area contributed by atoms with E-state index in [4.69, 9.17) is 4.74 Å². The summed E-state index contributed by atoms with van der Waals surface area (Å²) in [5.74, 6) is 0.969. The van der Waals surface area contributed by atoms with E-state index in [1.807, 2.05) is 7.05 Å². The van der Waals surface area contributed by atoms with Crippen LogP contribution in [-0.2, 0) is 4.74 Å². The minimum atomic E-state index is 0.380. The Labute approximate surface area is 109 Å². The van der Waals surface area contributed by atoms with Gasteiger partial charge in [-0.3, -0.25) is 9.89 Å². The molecule has 1 aliphatic heterocycles. The first kappa shape index (κ1) is 12.2. The monoisotopic (exact) mass is 252 g/mol. The highest BCUT2D eigenvalue weighted by Crippen LogP contribution is 2.41. The Morgan fingerprint density at radius 2 is 2.06 bits per heavy atom. The first-order chi connectivity index (χ1) is 8.82. The summed E-state index contributed by atoms with van der Waals surface area (Å²) >= 11 is 0. The lowest BCUT2D eigenvalue weighted by atomic mass is 10.2. The van der Waals surface area contributed by atoms with Gasteiger partial charge in [0.25, 0.3) is 0 Å². The van der Waals surface area contributed by atoms with Crippen LogP contribution in [0.25, 0.3) is 0 Å². The average molecular weight is 252 g/mol. The van der Waals surface area contributed by atoms with Crippen LogP contribution in [0.2, 0.25) is 0 Å². The summed E-state index contributed by atoms with van der Waals surface area (Å²) in [5.41, 5.74) is 0.380. The number of ether oxygens (including phenoxy) is 1. The van der Waals surface area contributed by atoms with Crippen LogP contribution in [0.5, 0.6) is 0 Å². The number of nitrogens with one attached hydrogen (secondary N) is 2. The fourth-order valence-corrected chi connectivity index (χ4v) is 2.65. The van der Waals surface area contributed by atoms with Crippen LogP contribution in [0.4, 0.5) is 0 Å². The highest BCUT2D eigenvalue weighted by molar-refractivity contribution is 5.80. The molecule has 2 N–H and O–H groups in total. The van der Waals surface area contributed by atoms with Crippen LogP contribution in [-0.4, -0.2) is 62.3 Å². The minimum Gasteiger partial charge on any atom is -0.379 e. The lowest BCUT2D eigenvalue weighted by molar-refractivity contribution is 0.0106. The summed E-state index contributed by atoms with van der Waals surface area (Å²) in [6, 6.07) is 0.662. The largest absolute Gasteiger partial charge is 0.379 e. The number of guanidine groups is 1. The lowest BCUT2D eigenvalue weighted by Crippen LogP contribution is -2.52. The number of hydrogen-bond acceptors (Lipinski definition) is 3. The van der Waals surface area contributed by atoms with E-state index in [-0.39, 0.29) is 0 Å². The van der Waals surface area contributed by atoms with Gasteiger partial charge in [0.2, 0.25) is 0 Å². The Kier molecular flexibility index (Phi) is 3.43. The predicted octanol–water partition coefficient (Wildman–Crippen LogP) is 0.179. The molecular formula is C13H24N4O. The molecule has 0 atom stereocenters. The highest BCUT2D eigenvalue weighted by Gasteiger charge is 2.48. The van der Waals surface area contributed by atoms with Gasteiger partial charge in [0, 0.05) is 38.3 Å². The normalized spacial score (nSPS) is 27.9. The van der Waals surface area contributed by atoms with E-state index in [1.54, 1.807) is 0 Å². The average Bonchev–Trinajstić information content (AvgIpc) is 3.31. The van der Waals surface area contributed by atoms with E-state index in [2.05, 4.69) is 20.5 Å². The summed E-state index contributed by atoms with van der Waals surface area (Å²) < 4.78 is 5.43. The maximum atomic E-state index is 5.43. The molecule has 5 heteroatoms. The standard InChI is InChI=1S/C13H24N4O/c1-14-12(16-11-2-3-11)15-10-13(4-5-13)17-6-8-18-9-7-17/h11H,2-10H2,1H3,(H2,14,15,16). The van der Waals surface area contributed by atoms with E-state index >= 15 is 0 Å². The van der Waals surface area contributed by atoms with Gasteiger partial charge in [-0.05, 0) is 25.7 Å². The van der Waals surface area contributed by atoms with E-state index in [1.165, 1.54) is 25.7 Å². The van der Waals surface area contributed by atoms with Gasteiger partial charge in [0.15, 0.2) is 5.96 Å². The number of hydrogen-bond donors (Lipinski definition) is 2. The van der Waals surface area contributed by atoms with Crippen molar-refractivity contribution in [3.8, 4) is 0 Å².